The van der Waals surface area contributed by atoms with Crippen molar-refractivity contribution >= 4 is 28.0 Å². The summed E-state index contributed by atoms with van der Waals surface area (Å²) in [4.78, 5) is 17.0. The summed E-state index contributed by atoms with van der Waals surface area (Å²) < 4.78 is 14.1. The van der Waals surface area contributed by atoms with Crippen LogP contribution >= 0.6 is 0 Å². The molecule has 2 aromatic heterocycles. The van der Waals surface area contributed by atoms with E-state index in [0.717, 1.165) is 53.6 Å². The van der Waals surface area contributed by atoms with Gasteiger partial charge in [0.15, 0.2) is 5.52 Å². The van der Waals surface area contributed by atoms with Crippen molar-refractivity contribution in [3.8, 4) is 0 Å². The SMILES string of the molecule is CCc1nc2c[n+]([O-])c3ccccc3c2n1C(CCCOC(=O)NC1CCOCC1)C(C)(C)C. The average molecular weight is 469 g/mol. The number of ether oxygens (including phenoxy) is 2. The summed E-state index contributed by atoms with van der Waals surface area (Å²) in [5.41, 5.74) is 2.29. The number of nitrogens with zero attached hydrogens (tertiary/aromatic N) is 3. The Morgan fingerprint density at radius 1 is 1.32 bits per heavy atom. The van der Waals surface area contributed by atoms with Crippen LogP contribution in [-0.4, -0.2) is 41.5 Å². The molecular formula is C26H36N4O4. The van der Waals surface area contributed by atoms with Gasteiger partial charge in [0.1, 0.15) is 5.82 Å². The zero-order valence-corrected chi connectivity index (χ0v) is 20.7. The van der Waals surface area contributed by atoms with Crippen molar-refractivity contribution in [3.63, 3.8) is 0 Å². The van der Waals surface area contributed by atoms with Gasteiger partial charge in [0.05, 0.1) is 17.5 Å². The Balaban J connectivity index is 1.55. The molecule has 1 amide bonds. The highest BCUT2D eigenvalue weighted by molar-refractivity contribution is 6.00. The molecule has 1 N–H and O–H groups in total. The summed E-state index contributed by atoms with van der Waals surface area (Å²) in [6.45, 7) is 10.5. The molecule has 1 fully saturated rings. The molecule has 1 unspecified atom stereocenters. The second-order valence-electron chi connectivity index (χ2n) is 10.1. The molecule has 0 bridgehead atoms. The van der Waals surface area contributed by atoms with Gasteiger partial charge in [-0.3, -0.25) is 0 Å². The molecule has 8 heteroatoms. The minimum atomic E-state index is -0.354. The van der Waals surface area contributed by atoms with Crippen LogP contribution in [-0.2, 0) is 15.9 Å². The van der Waals surface area contributed by atoms with Crippen molar-refractivity contribution < 1.29 is 19.0 Å². The van der Waals surface area contributed by atoms with E-state index in [1.807, 2.05) is 24.3 Å². The van der Waals surface area contributed by atoms with Crippen molar-refractivity contribution in [3.05, 3.63) is 41.5 Å². The predicted molar refractivity (Wildman–Crippen MR) is 132 cm³/mol. The summed E-state index contributed by atoms with van der Waals surface area (Å²) >= 11 is 0. The van der Waals surface area contributed by atoms with Crippen LogP contribution in [0, 0.1) is 10.6 Å². The molecular weight excluding hydrogens is 432 g/mol. The summed E-state index contributed by atoms with van der Waals surface area (Å²) in [5, 5.41) is 16.4. The molecule has 3 aromatic rings. The number of rotatable bonds is 7. The van der Waals surface area contributed by atoms with Crippen LogP contribution in [0.15, 0.2) is 30.5 Å². The standard InChI is InChI=1S/C26H36N4O4/c1-5-23-28-20-17-29(32)21-10-7-6-9-19(21)24(20)30(23)22(26(2,3)4)11-8-14-34-25(31)27-18-12-15-33-16-13-18/h6-7,9-10,17-18,22H,5,8,11-16H2,1-4H3,(H,27,31). The quantitative estimate of drug-likeness (QED) is 0.309. The van der Waals surface area contributed by atoms with Gasteiger partial charge < -0.3 is 24.6 Å². The Kier molecular flexibility index (Phi) is 7.26. The van der Waals surface area contributed by atoms with Crippen LogP contribution in [0.4, 0.5) is 4.79 Å². The first kappa shape index (κ1) is 24.3. The number of hydrogen-bond acceptors (Lipinski definition) is 5. The van der Waals surface area contributed by atoms with Crippen molar-refractivity contribution in [1.82, 2.24) is 14.9 Å². The monoisotopic (exact) mass is 468 g/mol. The highest BCUT2D eigenvalue weighted by atomic mass is 16.5. The molecule has 1 aliphatic rings. The first-order chi connectivity index (χ1) is 16.3. The zero-order chi connectivity index (χ0) is 24.3. The number of amides is 1. The second-order valence-corrected chi connectivity index (χ2v) is 10.1. The number of fused-ring (bicyclic) bond motifs is 3. The van der Waals surface area contributed by atoms with Gasteiger partial charge in [0.2, 0.25) is 11.7 Å². The normalized spacial score (nSPS) is 16.1. The average Bonchev–Trinajstić information content (AvgIpc) is 3.17. The molecule has 1 aliphatic heterocycles. The lowest BCUT2D eigenvalue weighted by molar-refractivity contribution is -0.575. The summed E-state index contributed by atoms with van der Waals surface area (Å²) in [5.74, 6) is 0.962. The maximum absolute atomic E-state index is 12.6. The van der Waals surface area contributed by atoms with E-state index in [0.29, 0.717) is 30.9 Å². The molecule has 184 valence electrons. The van der Waals surface area contributed by atoms with Crippen molar-refractivity contribution in [2.75, 3.05) is 19.8 Å². The van der Waals surface area contributed by atoms with E-state index in [-0.39, 0.29) is 23.6 Å². The molecule has 0 radical (unpaired) electrons. The molecule has 1 aromatic carbocycles. The van der Waals surface area contributed by atoms with Gasteiger partial charge in [0.25, 0.3) is 0 Å². The minimum Gasteiger partial charge on any atom is -0.618 e. The molecule has 1 atom stereocenters. The number of aryl methyl sites for hydroxylation is 1. The number of benzene rings is 1. The van der Waals surface area contributed by atoms with Crippen LogP contribution < -0.4 is 10.0 Å². The summed E-state index contributed by atoms with van der Waals surface area (Å²) in [7, 11) is 0. The Morgan fingerprint density at radius 3 is 2.76 bits per heavy atom. The fraction of sp³-hybridized carbons (Fsp3) is 0.577. The van der Waals surface area contributed by atoms with Crippen LogP contribution in [0.1, 0.15) is 65.2 Å². The highest BCUT2D eigenvalue weighted by Crippen LogP contribution is 2.39. The fourth-order valence-electron chi connectivity index (χ4n) is 4.93. The Bertz CT molecular complexity index is 1150. The van der Waals surface area contributed by atoms with Crippen molar-refractivity contribution in [1.29, 1.82) is 0 Å². The first-order valence-electron chi connectivity index (χ1n) is 12.3. The van der Waals surface area contributed by atoms with E-state index >= 15 is 0 Å². The lowest BCUT2D eigenvalue weighted by Gasteiger charge is -2.34. The number of hydrogen-bond donors (Lipinski definition) is 1. The van der Waals surface area contributed by atoms with E-state index in [4.69, 9.17) is 14.5 Å². The van der Waals surface area contributed by atoms with E-state index in [9.17, 15) is 10.0 Å². The van der Waals surface area contributed by atoms with Crippen LogP contribution in [0.2, 0.25) is 0 Å². The molecule has 3 heterocycles. The molecule has 1 saturated heterocycles. The van der Waals surface area contributed by atoms with Crippen LogP contribution in [0.5, 0.6) is 0 Å². The minimum absolute atomic E-state index is 0.0632. The molecule has 0 saturated carbocycles. The molecule has 4 rings (SSSR count). The van der Waals surface area contributed by atoms with Gasteiger partial charge >= 0.3 is 6.09 Å². The van der Waals surface area contributed by atoms with Gasteiger partial charge in [-0.2, -0.15) is 4.73 Å². The number of nitrogens with one attached hydrogen (secondary N) is 1. The lowest BCUT2D eigenvalue weighted by atomic mass is 9.83. The number of alkyl carbamates (subject to hydrolysis) is 1. The maximum atomic E-state index is 12.6. The van der Waals surface area contributed by atoms with Gasteiger partial charge in [-0.1, -0.05) is 39.8 Å². The zero-order valence-electron chi connectivity index (χ0n) is 20.7. The number of pyridine rings is 1. The van der Waals surface area contributed by atoms with E-state index < -0.39 is 0 Å². The topological polar surface area (TPSA) is 92.3 Å². The maximum Gasteiger partial charge on any atom is 0.407 e. The lowest BCUT2D eigenvalue weighted by Crippen LogP contribution is -2.39. The van der Waals surface area contributed by atoms with Gasteiger partial charge in [-0.25, -0.2) is 9.78 Å². The van der Waals surface area contributed by atoms with Crippen molar-refractivity contribution in [2.24, 2.45) is 5.41 Å². The van der Waals surface area contributed by atoms with Crippen LogP contribution in [0.25, 0.3) is 21.9 Å². The first-order valence-corrected chi connectivity index (χ1v) is 12.3. The number of carbonyl (C=O) groups is 1. The van der Waals surface area contributed by atoms with Gasteiger partial charge in [0, 0.05) is 37.8 Å². The molecule has 8 nitrogen and oxygen atoms in total. The smallest absolute Gasteiger partial charge is 0.407 e. The number of para-hydroxylation sites is 1. The largest absolute Gasteiger partial charge is 0.618 e. The van der Waals surface area contributed by atoms with Crippen LogP contribution in [0.3, 0.4) is 0 Å². The fourth-order valence-corrected chi connectivity index (χ4v) is 4.93. The third kappa shape index (κ3) is 5.12. The van der Waals surface area contributed by atoms with E-state index in [1.54, 1.807) is 6.20 Å². The Morgan fingerprint density at radius 2 is 2.06 bits per heavy atom. The summed E-state index contributed by atoms with van der Waals surface area (Å²) in [6, 6.07) is 7.94. The van der Waals surface area contributed by atoms with E-state index in [1.165, 1.54) is 0 Å². The third-order valence-corrected chi connectivity index (χ3v) is 6.67. The predicted octanol–water partition coefficient (Wildman–Crippen LogP) is 4.66. The Hall–Kier alpha value is -2.87. The van der Waals surface area contributed by atoms with Gasteiger partial charge in [-0.15, -0.1) is 0 Å². The highest BCUT2D eigenvalue weighted by Gasteiger charge is 2.31. The van der Waals surface area contributed by atoms with E-state index in [2.05, 4.69) is 37.6 Å². The molecule has 0 spiro atoms. The van der Waals surface area contributed by atoms with Crippen molar-refractivity contribution in [2.45, 2.75) is 71.9 Å². The second kappa shape index (κ2) is 10.2. The van der Waals surface area contributed by atoms with Gasteiger partial charge in [-0.05, 0) is 37.2 Å². The summed E-state index contributed by atoms with van der Waals surface area (Å²) in [6.07, 6.45) is 5.20. The number of carbonyl (C=O) groups excluding carboxylic acids is 1. The third-order valence-electron chi connectivity index (χ3n) is 6.67. The molecule has 34 heavy (non-hydrogen) atoms. The Labute approximate surface area is 200 Å². The number of aromatic nitrogens is 3. The number of imidazole rings is 1. The molecule has 0 aliphatic carbocycles.